The number of hydrogen-bond acceptors (Lipinski definition) is 3. The van der Waals surface area contributed by atoms with Crippen molar-refractivity contribution in [2.45, 2.75) is 32.5 Å². The molecule has 14 heavy (non-hydrogen) atoms. The van der Waals surface area contributed by atoms with Crippen LogP contribution in [0, 0.1) is 0 Å². The van der Waals surface area contributed by atoms with Gasteiger partial charge in [0, 0.05) is 7.05 Å². The average Bonchev–Trinajstić information content (AvgIpc) is 2.00. The van der Waals surface area contributed by atoms with Crippen LogP contribution >= 0.6 is 0 Å². The molecule has 0 aliphatic carbocycles. The van der Waals surface area contributed by atoms with Gasteiger partial charge in [0.15, 0.2) is 0 Å². The van der Waals surface area contributed by atoms with Crippen LogP contribution in [0.5, 0.6) is 0 Å². The fourth-order valence-corrected chi connectivity index (χ4v) is 0.779. The second kappa shape index (κ2) is 5.14. The number of halogens is 1. The first-order valence-corrected chi connectivity index (χ1v) is 4.44. The molecule has 1 atom stereocenters. The molecule has 0 aliphatic rings. The lowest BCUT2D eigenvalue weighted by Gasteiger charge is -2.25. The van der Waals surface area contributed by atoms with Gasteiger partial charge < -0.3 is 14.7 Å². The van der Waals surface area contributed by atoms with Crippen molar-refractivity contribution in [3.05, 3.63) is 0 Å². The van der Waals surface area contributed by atoms with Crippen molar-refractivity contribution in [1.29, 1.82) is 0 Å². The molecule has 0 saturated carbocycles. The molecule has 0 aromatic rings. The predicted octanol–water partition coefficient (Wildman–Crippen LogP) is 1.18. The number of rotatable bonds is 3. The minimum Gasteiger partial charge on any atom is -0.444 e. The van der Waals surface area contributed by atoms with Crippen molar-refractivity contribution in [3.8, 4) is 0 Å². The van der Waals surface area contributed by atoms with Gasteiger partial charge in [-0.05, 0) is 20.8 Å². The first-order valence-electron chi connectivity index (χ1n) is 4.44. The monoisotopic (exact) mass is 207 g/mol. The summed E-state index contributed by atoms with van der Waals surface area (Å²) in [6.45, 7) is 4.29. The van der Waals surface area contributed by atoms with Crippen molar-refractivity contribution >= 4 is 6.09 Å². The summed E-state index contributed by atoms with van der Waals surface area (Å²) in [4.78, 5) is 12.4. The van der Waals surface area contributed by atoms with Crippen molar-refractivity contribution in [2.75, 3.05) is 20.3 Å². The molecule has 1 unspecified atom stereocenters. The van der Waals surface area contributed by atoms with Gasteiger partial charge in [-0.15, -0.1) is 0 Å². The number of likely N-dealkylation sites (N-methyl/N-ethyl adjacent to an activating group) is 1. The first-order chi connectivity index (χ1) is 6.26. The Morgan fingerprint density at radius 3 is 2.43 bits per heavy atom. The zero-order valence-electron chi connectivity index (χ0n) is 9.08. The normalized spacial score (nSPS) is 13.6. The first kappa shape index (κ1) is 13.2. The van der Waals surface area contributed by atoms with Crippen molar-refractivity contribution < 1.29 is 19.0 Å². The number of carbonyl (C=O) groups excluding carboxylic acids is 1. The Morgan fingerprint density at radius 2 is 2.07 bits per heavy atom. The zero-order valence-corrected chi connectivity index (χ0v) is 9.08. The highest BCUT2D eigenvalue weighted by molar-refractivity contribution is 5.67. The lowest BCUT2D eigenvalue weighted by molar-refractivity contribution is 0.0184. The van der Waals surface area contributed by atoms with Gasteiger partial charge in [0.25, 0.3) is 0 Å². The minimum atomic E-state index is -1.15. The summed E-state index contributed by atoms with van der Waals surface area (Å²) < 4.78 is 16.9. The lowest BCUT2D eigenvalue weighted by atomic mass is 10.2. The van der Waals surface area contributed by atoms with Crippen molar-refractivity contribution in [2.24, 2.45) is 0 Å². The Bertz CT molecular complexity index is 191. The number of aliphatic hydroxyl groups is 1. The quantitative estimate of drug-likeness (QED) is 0.756. The molecule has 1 N–H and O–H groups in total. The van der Waals surface area contributed by atoms with E-state index in [-0.39, 0.29) is 6.54 Å². The van der Waals surface area contributed by atoms with Crippen LogP contribution in [0.15, 0.2) is 0 Å². The van der Waals surface area contributed by atoms with Crippen LogP contribution in [-0.4, -0.2) is 48.1 Å². The molecular weight excluding hydrogens is 189 g/mol. The second-order valence-corrected chi connectivity index (χ2v) is 4.17. The van der Waals surface area contributed by atoms with Gasteiger partial charge in [-0.1, -0.05) is 0 Å². The van der Waals surface area contributed by atoms with Gasteiger partial charge in [0.05, 0.1) is 12.6 Å². The second-order valence-electron chi connectivity index (χ2n) is 4.17. The Kier molecular flexibility index (Phi) is 4.83. The Balaban J connectivity index is 4.00. The molecule has 5 heteroatoms. The zero-order chi connectivity index (χ0) is 11.4. The average molecular weight is 207 g/mol. The summed E-state index contributed by atoms with van der Waals surface area (Å²) >= 11 is 0. The van der Waals surface area contributed by atoms with Crippen molar-refractivity contribution in [1.82, 2.24) is 4.90 Å². The van der Waals surface area contributed by atoms with Crippen molar-refractivity contribution in [3.63, 3.8) is 0 Å². The molecule has 0 spiro atoms. The molecule has 0 rings (SSSR count). The molecule has 0 aromatic heterocycles. The highest BCUT2D eigenvalue weighted by Crippen LogP contribution is 2.09. The molecule has 0 bridgehead atoms. The maximum absolute atomic E-state index is 11.9. The third kappa shape index (κ3) is 5.75. The van der Waals surface area contributed by atoms with Crippen LogP contribution < -0.4 is 0 Å². The molecule has 0 aromatic carbocycles. The number of alkyl halides is 1. The summed E-state index contributed by atoms with van der Waals surface area (Å²) in [5.74, 6) is 0. The number of ether oxygens (including phenoxy) is 1. The van der Waals surface area contributed by atoms with Gasteiger partial charge in [0.1, 0.15) is 12.3 Å². The molecule has 0 heterocycles. The number of nitrogens with zero attached hydrogens (tertiary/aromatic N) is 1. The third-order valence-corrected chi connectivity index (χ3v) is 1.37. The largest absolute Gasteiger partial charge is 0.444 e. The summed E-state index contributed by atoms with van der Waals surface area (Å²) in [5, 5.41) is 8.95. The maximum atomic E-state index is 11.9. The number of amides is 1. The minimum absolute atomic E-state index is 0.0641. The van der Waals surface area contributed by atoms with E-state index in [1.54, 1.807) is 20.8 Å². The van der Waals surface area contributed by atoms with E-state index in [0.717, 1.165) is 4.90 Å². The Hall–Kier alpha value is -0.840. The molecule has 0 aliphatic heterocycles. The third-order valence-electron chi connectivity index (χ3n) is 1.37. The summed E-state index contributed by atoms with van der Waals surface area (Å²) in [7, 11) is 1.45. The van der Waals surface area contributed by atoms with Crippen LogP contribution in [0.4, 0.5) is 9.18 Å². The predicted molar refractivity (Wildman–Crippen MR) is 50.8 cm³/mol. The lowest BCUT2D eigenvalue weighted by Crippen LogP contribution is -2.39. The summed E-state index contributed by atoms with van der Waals surface area (Å²) in [6, 6.07) is 0. The highest BCUT2D eigenvalue weighted by atomic mass is 19.1. The standard InChI is InChI=1S/C9H18FNO3/c1-9(2,3)14-8(13)11(4)6-7(12)5-10/h7,12H,5-6H2,1-4H3. The number of aliphatic hydroxyl groups excluding tert-OH is 1. The molecule has 84 valence electrons. The molecular formula is C9H18FNO3. The smallest absolute Gasteiger partial charge is 0.410 e. The van der Waals surface area contributed by atoms with Crippen LogP contribution in [0.1, 0.15) is 20.8 Å². The van der Waals surface area contributed by atoms with Crippen LogP contribution in [0.3, 0.4) is 0 Å². The number of hydrogen-bond donors (Lipinski definition) is 1. The molecule has 0 saturated heterocycles. The Labute approximate surface area is 83.7 Å². The summed E-state index contributed by atoms with van der Waals surface area (Å²) in [5.41, 5.74) is -0.577. The van der Waals surface area contributed by atoms with E-state index in [4.69, 9.17) is 9.84 Å². The maximum Gasteiger partial charge on any atom is 0.410 e. The van der Waals surface area contributed by atoms with E-state index in [0.29, 0.717) is 0 Å². The van der Waals surface area contributed by atoms with Gasteiger partial charge in [0.2, 0.25) is 0 Å². The summed E-state index contributed by atoms with van der Waals surface area (Å²) in [6.07, 6.45) is -1.71. The van der Waals surface area contributed by atoms with Crippen LogP contribution in [-0.2, 0) is 4.74 Å². The molecule has 1 amide bonds. The Morgan fingerprint density at radius 1 is 1.57 bits per heavy atom. The van der Waals surface area contributed by atoms with E-state index in [1.807, 2.05) is 0 Å². The highest BCUT2D eigenvalue weighted by Gasteiger charge is 2.20. The van der Waals surface area contributed by atoms with Gasteiger partial charge in [-0.3, -0.25) is 0 Å². The van der Waals surface area contributed by atoms with Gasteiger partial charge in [-0.25, -0.2) is 9.18 Å². The fourth-order valence-electron chi connectivity index (χ4n) is 0.779. The fraction of sp³-hybridized carbons (Fsp3) is 0.889. The number of carbonyl (C=O) groups is 1. The van der Waals surface area contributed by atoms with Gasteiger partial charge >= 0.3 is 6.09 Å². The molecule has 0 fully saturated rings. The van der Waals surface area contributed by atoms with Crippen LogP contribution in [0.2, 0.25) is 0 Å². The van der Waals surface area contributed by atoms with E-state index in [9.17, 15) is 9.18 Å². The van der Waals surface area contributed by atoms with Crippen LogP contribution in [0.25, 0.3) is 0 Å². The van der Waals surface area contributed by atoms with E-state index < -0.39 is 24.5 Å². The van der Waals surface area contributed by atoms with Gasteiger partial charge in [-0.2, -0.15) is 0 Å². The SMILES string of the molecule is CN(CC(O)CF)C(=O)OC(C)(C)C. The topological polar surface area (TPSA) is 49.8 Å². The molecule has 0 radical (unpaired) electrons. The van der Waals surface area contributed by atoms with E-state index in [1.165, 1.54) is 7.05 Å². The molecule has 4 nitrogen and oxygen atoms in total. The van der Waals surface area contributed by atoms with E-state index in [2.05, 4.69) is 0 Å². The van der Waals surface area contributed by atoms with E-state index >= 15 is 0 Å².